The monoisotopic (exact) mass is 298 g/mol. The molecule has 0 aromatic heterocycles. The van der Waals surface area contributed by atoms with Gasteiger partial charge in [-0.3, -0.25) is 9.59 Å². The molecule has 1 saturated heterocycles. The maximum Gasteiger partial charge on any atom is 0.317 e. The average Bonchev–Trinajstić information content (AvgIpc) is 2.35. The third kappa shape index (κ3) is 6.57. The number of Topliss-reactive ketones (excluding diaryl/α,β-unsaturated/α-hetero) is 1. The van der Waals surface area contributed by atoms with E-state index in [0.29, 0.717) is 13.0 Å². The Bertz CT molecular complexity index is 355. The lowest BCUT2D eigenvalue weighted by molar-refractivity contribution is -0.164. The lowest BCUT2D eigenvalue weighted by Crippen LogP contribution is -2.42. The molecule has 122 valence electrons. The molecule has 1 N–H and O–H groups in total. The summed E-state index contributed by atoms with van der Waals surface area (Å²) in [5, 5.41) is 3.27. The summed E-state index contributed by atoms with van der Waals surface area (Å²) in [5.41, 5.74) is -0.552. The molecule has 21 heavy (non-hydrogen) atoms. The largest absolute Gasteiger partial charge is 0.459 e. The van der Waals surface area contributed by atoms with Crippen LogP contribution in [0.25, 0.3) is 0 Å². The molecule has 1 aliphatic rings. The van der Waals surface area contributed by atoms with Gasteiger partial charge in [-0.05, 0) is 66.7 Å². The van der Waals surface area contributed by atoms with Gasteiger partial charge < -0.3 is 15.0 Å². The van der Waals surface area contributed by atoms with Crippen molar-refractivity contribution in [2.75, 3.05) is 33.7 Å². The Balaban J connectivity index is 2.77. The molecule has 1 heterocycles. The zero-order valence-corrected chi connectivity index (χ0v) is 14.1. The number of nitrogens with one attached hydrogen (secondary N) is 1. The fourth-order valence-electron chi connectivity index (χ4n) is 2.62. The third-order valence-electron chi connectivity index (χ3n) is 3.67. The van der Waals surface area contributed by atoms with Gasteiger partial charge in [-0.25, -0.2) is 0 Å². The lowest BCUT2D eigenvalue weighted by Gasteiger charge is -2.31. The Labute approximate surface area is 128 Å². The third-order valence-corrected chi connectivity index (χ3v) is 3.67. The molecule has 1 atom stereocenters. The fourth-order valence-corrected chi connectivity index (χ4v) is 2.62. The van der Waals surface area contributed by atoms with E-state index in [-0.39, 0.29) is 17.7 Å². The van der Waals surface area contributed by atoms with Crippen LogP contribution in [-0.4, -0.2) is 56.0 Å². The van der Waals surface area contributed by atoms with Gasteiger partial charge in [0, 0.05) is 13.0 Å². The van der Waals surface area contributed by atoms with Crippen LogP contribution in [0.1, 0.15) is 40.0 Å². The number of nitrogens with zero attached hydrogens (tertiary/aromatic N) is 1. The molecule has 1 fully saturated rings. The van der Waals surface area contributed by atoms with Gasteiger partial charge in [0.15, 0.2) is 0 Å². The van der Waals surface area contributed by atoms with E-state index in [0.717, 1.165) is 25.9 Å². The minimum Gasteiger partial charge on any atom is -0.459 e. The van der Waals surface area contributed by atoms with E-state index in [2.05, 4.69) is 5.32 Å². The first-order valence-corrected chi connectivity index (χ1v) is 7.81. The molecule has 1 unspecified atom stereocenters. The van der Waals surface area contributed by atoms with E-state index in [1.54, 1.807) is 0 Å². The summed E-state index contributed by atoms with van der Waals surface area (Å²) in [4.78, 5) is 27.0. The molecule has 0 aromatic rings. The summed E-state index contributed by atoms with van der Waals surface area (Å²) in [6.45, 7) is 7.93. The van der Waals surface area contributed by atoms with Crippen molar-refractivity contribution in [1.29, 1.82) is 0 Å². The Morgan fingerprint density at radius 3 is 2.29 bits per heavy atom. The molecule has 0 bridgehead atoms. The first-order valence-electron chi connectivity index (χ1n) is 7.81. The number of hydrogen-bond acceptors (Lipinski definition) is 5. The maximum absolute atomic E-state index is 12.5. The molecule has 5 nitrogen and oxygen atoms in total. The molecule has 0 amide bonds. The van der Waals surface area contributed by atoms with E-state index in [4.69, 9.17) is 4.74 Å². The molecular formula is C16H30N2O3. The number of carbonyl (C=O) groups excluding carboxylic acids is 2. The summed E-state index contributed by atoms with van der Waals surface area (Å²) in [7, 11) is 3.86. The second kappa shape index (κ2) is 7.90. The van der Waals surface area contributed by atoms with Crippen LogP contribution in [0.3, 0.4) is 0 Å². The zero-order valence-electron chi connectivity index (χ0n) is 14.1. The highest BCUT2D eigenvalue weighted by Gasteiger charge is 2.37. The topological polar surface area (TPSA) is 58.6 Å². The van der Waals surface area contributed by atoms with Crippen molar-refractivity contribution in [3.63, 3.8) is 0 Å². The normalized spacial score (nSPS) is 18.6. The van der Waals surface area contributed by atoms with Crippen molar-refractivity contribution < 1.29 is 14.3 Å². The number of hydrogen-bond donors (Lipinski definition) is 1. The Hall–Kier alpha value is -0.940. The summed E-state index contributed by atoms with van der Waals surface area (Å²) >= 11 is 0. The molecule has 1 aliphatic heterocycles. The van der Waals surface area contributed by atoms with Crippen LogP contribution in [0.4, 0.5) is 0 Å². The molecule has 0 radical (unpaired) electrons. The number of esters is 1. The van der Waals surface area contributed by atoms with Crippen molar-refractivity contribution in [2.45, 2.75) is 45.6 Å². The zero-order chi connectivity index (χ0) is 16.0. The molecule has 0 saturated carbocycles. The number of ether oxygens (including phenoxy) is 1. The highest BCUT2D eigenvalue weighted by Crippen LogP contribution is 2.27. The first-order chi connectivity index (χ1) is 9.70. The second-order valence-corrected chi connectivity index (χ2v) is 7.12. The molecule has 0 aliphatic carbocycles. The second-order valence-electron chi connectivity index (χ2n) is 7.12. The molecule has 0 aromatic carbocycles. The van der Waals surface area contributed by atoms with Gasteiger partial charge in [0.2, 0.25) is 0 Å². The molecule has 0 spiro atoms. The van der Waals surface area contributed by atoms with Crippen LogP contribution < -0.4 is 5.32 Å². The number of rotatable bonds is 6. The lowest BCUT2D eigenvalue weighted by atomic mass is 9.81. The van der Waals surface area contributed by atoms with Gasteiger partial charge >= 0.3 is 5.97 Å². The standard InChI is InChI=1S/C16H30N2O3/c1-16(2,3)21-15(20)14(12-6-9-17-10-7-12)13(19)8-11-18(4)5/h12,14,17H,6-11H2,1-5H3. The smallest absolute Gasteiger partial charge is 0.317 e. The van der Waals surface area contributed by atoms with E-state index in [9.17, 15) is 9.59 Å². The van der Waals surface area contributed by atoms with Crippen molar-refractivity contribution >= 4 is 11.8 Å². The van der Waals surface area contributed by atoms with Crippen LogP contribution in [-0.2, 0) is 14.3 Å². The van der Waals surface area contributed by atoms with Crippen molar-refractivity contribution in [1.82, 2.24) is 10.2 Å². The summed E-state index contributed by atoms with van der Waals surface area (Å²) in [6, 6.07) is 0. The van der Waals surface area contributed by atoms with Crippen LogP contribution >= 0.6 is 0 Å². The predicted octanol–water partition coefficient (Wildman–Crippen LogP) is 1.46. The van der Waals surface area contributed by atoms with Crippen LogP contribution in [0, 0.1) is 11.8 Å². The summed E-state index contributed by atoms with van der Waals surface area (Å²) < 4.78 is 5.49. The summed E-state index contributed by atoms with van der Waals surface area (Å²) in [6.07, 6.45) is 2.12. The van der Waals surface area contributed by atoms with E-state index < -0.39 is 11.5 Å². The van der Waals surface area contributed by atoms with Gasteiger partial charge in [-0.1, -0.05) is 0 Å². The number of piperidine rings is 1. The van der Waals surface area contributed by atoms with E-state index in [1.807, 2.05) is 39.8 Å². The minimum absolute atomic E-state index is 0.0184. The van der Waals surface area contributed by atoms with Gasteiger partial charge in [0.25, 0.3) is 0 Å². The molecule has 5 heteroatoms. The van der Waals surface area contributed by atoms with Crippen molar-refractivity contribution in [3.8, 4) is 0 Å². The Morgan fingerprint density at radius 1 is 1.24 bits per heavy atom. The van der Waals surface area contributed by atoms with Crippen LogP contribution in [0.2, 0.25) is 0 Å². The highest BCUT2D eigenvalue weighted by molar-refractivity contribution is 5.99. The number of carbonyl (C=O) groups is 2. The van der Waals surface area contributed by atoms with Gasteiger partial charge in [-0.2, -0.15) is 0 Å². The fraction of sp³-hybridized carbons (Fsp3) is 0.875. The van der Waals surface area contributed by atoms with Crippen LogP contribution in [0.15, 0.2) is 0 Å². The minimum atomic E-state index is -0.605. The maximum atomic E-state index is 12.5. The number of ketones is 1. The first kappa shape index (κ1) is 18.1. The Kier molecular flexibility index (Phi) is 6.81. The van der Waals surface area contributed by atoms with Gasteiger partial charge in [0.05, 0.1) is 0 Å². The van der Waals surface area contributed by atoms with E-state index in [1.165, 1.54) is 0 Å². The van der Waals surface area contributed by atoms with Crippen molar-refractivity contribution in [2.24, 2.45) is 11.8 Å². The summed E-state index contributed by atoms with van der Waals surface area (Å²) in [5.74, 6) is -0.829. The van der Waals surface area contributed by atoms with Crippen molar-refractivity contribution in [3.05, 3.63) is 0 Å². The average molecular weight is 298 g/mol. The highest BCUT2D eigenvalue weighted by atomic mass is 16.6. The van der Waals surface area contributed by atoms with Gasteiger partial charge in [0.1, 0.15) is 17.3 Å². The van der Waals surface area contributed by atoms with Gasteiger partial charge in [-0.15, -0.1) is 0 Å². The Morgan fingerprint density at radius 2 is 1.81 bits per heavy atom. The van der Waals surface area contributed by atoms with Crippen LogP contribution in [0.5, 0.6) is 0 Å². The quantitative estimate of drug-likeness (QED) is 0.594. The SMILES string of the molecule is CN(C)CCC(=O)C(C(=O)OC(C)(C)C)C1CCNCC1. The predicted molar refractivity (Wildman–Crippen MR) is 83.1 cm³/mol. The molecule has 1 rings (SSSR count). The molecular weight excluding hydrogens is 268 g/mol. The van der Waals surface area contributed by atoms with E-state index >= 15 is 0 Å².